The summed E-state index contributed by atoms with van der Waals surface area (Å²) < 4.78 is 25.5. The Balaban J connectivity index is 0.000000214. The Labute approximate surface area is 428 Å². The van der Waals surface area contributed by atoms with Crippen LogP contribution in [0.25, 0.3) is 65.1 Å². The number of aromatic nitrogens is 3. The van der Waals surface area contributed by atoms with E-state index in [0.717, 1.165) is 58.2 Å². The van der Waals surface area contributed by atoms with Crippen molar-refractivity contribution >= 4 is 51.4 Å². The second-order valence-corrected chi connectivity index (χ2v) is 25.1. The van der Waals surface area contributed by atoms with Crippen LogP contribution >= 0.6 is 11.3 Å². The number of fused-ring (bicyclic) bond motifs is 2. The van der Waals surface area contributed by atoms with E-state index in [9.17, 15) is 9.90 Å². The third kappa shape index (κ3) is 13.2. The number of aryl methyl sites for hydroxylation is 1. The monoisotopic (exact) mass is 1120 g/mol. The molecular formula is C60H67IrN3O2SSi-2. The minimum Gasteiger partial charge on any atom is -0.512 e. The van der Waals surface area contributed by atoms with Crippen LogP contribution in [-0.4, -0.2) is 33.9 Å². The van der Waals surface area contributed by atoms with Gasteiger partial charge < -0.3 is 10.1 Å². The van der Waals surface area contributed by atoms with Gasteiger partial charge in [0.1, 0.15) is 6.33 Å². The van der Waals surface area contributed by atoms with Gasteiger partial charge in [0.15, 0.2) is 5.78 Å². The number of hydrogen-bond donors (Lipinski definition) is 1. The summed E-state index contributed by atoms with van der Waals surface area (Å²) in [5.74, 6) is 0.547. The number of aliphatic hydroxyl groups excluding tert-OH is 1. The topological polar surface area (TPSA) is 76.0 Å². The molecule has 0 unspecified atom stereocenters. The molecule has 3 aromatic heterocycles. The molecule has 0 aliphatic carbocycles. The Morgan fingerprint density at radius 3 is 2.04 bits per heavy atom. The van der Waals surface area contributed by atoms with Gasteiger partial charge in [-0.3, -0.25) is 9.78 Å². The molecule has 1 N–H and O–H groups in total. The molecule has 8 rings (SSSR count). The van der Waals surface area contributed by atoms with E-state index in [1.807, 2.05) is 101 Å². The van der Waals surface area contributed by atoms with Gasteiger partial charge in [-0.25, -0.2) is 4.98 Å². The number of carbonyl (C=O) groups is 1. The van der Waals surface area contributed by atoms with Gasteiger partial charge in [-0.1, -0.05) is 163 Å². The molecule has 1 radical (unpaired) electrons. The SMILES string of the molecule is CCC(CC)C(=O)/C=C(\O)C(CC)CC.C[Si](C)(C)c1ccc(-c2ccnc(-c3[c-]cccc3)c2)cc1.[2H]C([2H])([2H])c1c(-c2ccccc2)sc2c(-c3[c-]c4ccccc4c(C(C)(C)C)c3)ncnc12.[Ir]. The van der Waals surface area contributed by atoms with E-state index in [1.165, 1.54) is 51.0 Å². The Morgan fingerprint density at radius 1 is 0.765 bits per heavy atom. The fourth-order valence-electron chi connectivity index (χ4n) is 8.12. The number of pyridine rings is 1. The first-order chi connectivity index (χ1) is 33.3. The predicted molar refractivity (Wildman–Crippen MR) is 289 cm³/mol. The van der Waals surface area contributed by atoms with Gasteiger partial charge in [-0.2, -0.15) is 0 Å². The summed E-state index contributed by atoms with van der Waals surface area (Å²) in [6, 6.07) is 47.9. The fraction of sp³-hybridized carbons (Fsp3) is 0.300. The Morgan fingerprint density at radius 2 is 1.43 bits per heavy atom. The van der Waals surface area contributed by atoms with Crippen LogP contribution in [-0.2, 0) is 30.3 Å². The molecule has 0 spiro atoms. The predicted octanol–water partition coefficient (Wildman–Crippen LogP) is 16.2. The van der Waals surface area contributed by atoms with E-state index in [4.69, 9.17) is 4.11 Å². The average molecular weight is 1120 g/mol. The Kier molecular flexibility index (Phi) is 17.5. The van der Waals surface area contributed by atoms with Crippen LogP contribution in [0.5, 0.6) is 0 Å². The molecule has 8 heteroatoms. The fourth-order valence-corrected chi connectivity index (χ4v) is 10.5. The number of ketones is 1. The van der Waals surface area contributed by atoms with Crippen LogP contribution < -0.4 is 5.19 Å². The maximum Gasteiger partial charge on any atom is 0.162 e. The van der Waals surface area contributed by atoms with Crippen molar-refractivity contribution in [3.8, 4) is 44.1 Å². The van der Waals surface area contributed by atoms with Gasteiger partial charge in [0.2, 0.25) is 0 Å². The molecule has 0 saturated carbocycles. The maximum absolute atomic E-state index is 11.7. The van der Waals surface area contributed by atoms with Crippen LogP contribution in [0.1, 0.15) is 89.4 Å². The Bertz CT molecular complexity index is 3030. The Hall–Kier alpha value is -5.37. The summed E-state index contributed by atoms with van der Waals surface area (Å²) in [6.07, 6.45) is 8.25. The minimum atomic E-state index is -2.29. The van der Waals surface area contributed by atoms with Crippen molar-refractivity contribution < 1.29 is 34.1 Å². The van der Waals surface area contributed by atoms with Crippen molar-refractivity contribution in [3.63, 3.8) is 0 Å². The number of nitrogens with zero attached hydrogens (tertiary/aromatic N) is 3. The maximum atomic E-state index is 11.7. The van der Waals surface area contributed by atoms with E-state index in [-0.39, 0.29) is 54.5 Å². The number of rotatable bonds is 12. The molecule has 355 valence electrons. The second-order valence-electron chi connectivity index (χ2n) is 19.0. The van der Waals surface area contributed by atoms with Gasteiger partial charge in [0, 0.05) is 63.6 Å². The minimum absolute atomic E-state index is 0. The van der Waals surface area contributed by atoms with Gasteiger partial charge in [-0.05, 0) is 72.0 Å². The molecule has 0 bridgehead atoms. The van der Waals surface area contributed by atoms with Gasteiger partial charge in [0.25, 0.3) is 0 Å². The van der Waals surface area contributed by atoms with Crippen LogP contribution in [0.2, 0.25) is 19.6 Å². The smallest absolute Gasteiger partial charge is 0.162 e. The first-order valence-corrected chi connectivity index (χ1v) is 27.9. The van der Waals surface area contributed by atoms with E-state index < -0.39 is 14.9 Å². The number of carbonyl (C=O) groups excluding carboxylic acids is 1. The number of benzene rings is 5. The number of thiophene rings is 1. The van der Waals surface area contributed by atoms with Gasteiger partial charge >= 0.3 is 0 Å². The number of hydrogen-bond acceptors (Lipinski definition) is 6. The second kappa shape index (κ2) is 24.3. The molecule has 68 heavy (non-hydrogen) atoms. The van der Waals surface area contributed by atoms with Crippen LogP contribution in [0.4, 0.5) is 0 Å². The first-order valence-electron chi connectivity index (χ1n) is 25.1. The van der Waals surface area contributed by atoms with Crippen molar-refractivity contribution in [1.29, 1.82) is 0 Å². The standard InChI is InChI=1S/C27H23N2S.C20H20NSi.C13H24O2.Ir/c1-17-23-26(30-25(17)18-10-6-5-7-11-18)24(29-16-28-23)20-14-19-12-8-9-13-21(19)22(15-20)27(2,3)4;1-22(2,3)19-11-9-16(10-12-19)18-13-14-21-20(15-18)17-7-5-4-6-8-17;1-5-10(6-2)12(14)9-13(15)11(7-3)8-4;/h5-13,15-16H,1-4H3;4-7,9-15H,1-3H3;9-11,14H,5-8H2,1-4H3;/q2*-1;;/b;;12-9-;/i1D3;;;. The summed E-state index contributed by atoms with van der Waals surface area (Å²) >= 11 is 1.44. The number of allylic oxidation sites excluding steroid dienone is 2. The molecule has 0 fully saturated rings. The van der Waals surface area contributed by atoms with Gasteiger partial charge in [0.05, 0.1) is 19.3 Å². The van der Waals surface area contributed by atoms with Crippen molar-refractivity contribution in [2.24, 2.45) is 11.8 Å². The summed E-state index contributed by atoms with van der Waals surface area (Å²) in [4.78, 5) is 26.0. The third-order valence-electron chi connectivity index (χ3n) is 12.3. The largest absolute Gasteiger partial charge is 0.512 e. The van der Waals surface area contributed by atoms with E-state index in [1.54, 1.807) is 0 Å². The number of aliphatic hydroxyl groups is 1. The third-order valence-corrected chi connectivity index (χ3v) is 15.6. The molecule has 8 aromatic rings. The normalized spacial score (nSPS) is 12.6. The van der Waals surface area contributed by atoms with Crippen molar-refractivity contribution in [3.05, 3.63) is 169 Å². The van der Waals surface area contributed by atoms with Crippen molar-refractivity contribution in [2.75, 3.05) is 0 Å². The van der Waals surface area contributed by atoms with E-state index in [0.29, 0.717) is 16.1 Å². The molecular weight excluding hydrogens is 1050 g/mol. The quantitative estimate of drug-likeness (QED) is 0.0571. The molecule has 0 saturated heterocycles. The van der Waals surface area contributed by atoms with Crippen molar-refractivity contribution in [2.45, 2.75) is 106 Å². The zero-order chi connectivity index (χ0) is 50.8. The molecule has 3 heterocycles. The summed E-state index contributed by atoms with van der Waals surface area (Å²) in [5.41, 5.74) is 8.77. The van der Waals surface area contributed by atoms with Crippen LogP contribution in [0.15, 0.2) is 146 Å². The van der Waals surface area contributed by atoms with Gasteiger partial charge in [-0.15, -0.1) is 76.4 Å². The summed E-state index contributed by atoms with van der Waals surface area (Å²) in [5, 5.41) is 13.4. The molecule has 0 aliphatic rings. The average Bonchev–Trinajstić information content (AvgIpc) is 3.76. The summed E-state index contributed by atoms with van der Waals surface area (Å²) in [7, 11) is -1.24. The first kappa shape index (κ1) is 49.1. The molecule has 5 aromatic carbocycles. The van der Waals surface area contributed by atoms with E-state index >= 15 is 0 Å². The zero-order valence-corrected chi connectivity index (χ0v) is 45.4. The van der Waals surface area contributed by atoms with E-state index in [2.05, 4.69) is 122 Å². The zero-order valence-electron chi connectivity index (χ0n) is 44.2. The van der Waals surface area contributed by atoms with Crippen molar-refractivity contribution in [1.82, 2.24) is 15.0 Å². The summed E-state index contributed by atoms with van der Waals surface area (Å²) in [6.45, 7) is 19.5. The van der Waals surface area contributed by atoms with Crippen LogP contribution in [0, 0.1) is 30.8 Å². The molecule has 0 aliphatic heterocycles. The molecule has 0 atom stereocenters. The molecule has 5 nitrogen and oxygen atoms in total. The van der Waals surface area contributed by atoms with Crippen LogP contribution in [0.3, 0.4) is 0 Å². The molecule has 0 amide bonds.